The highest BCUT2D eigenvalue weighted by molar-refractivity contribution is 5.30. The van der Waals surface area contributed by atoms with Crippen LogP contribution >= 0.6 is 0 Å². The highest BCUT2D eigenvalue weighted by atomic mass is 19.4. The van der Waals surface area contributed by atoms with Crippen molar-refractivity contribution in [3.05, 3.63) is 17.6 Å². The lowest BCUT2D eigenvalue weighted by atomic mass is 10.2. The van der Waals surface area contributed by atoms with E-state index in [1.54, 1.807) is 6.92 Å². The molecule has 7 heteroatoms. The van der Waals surface area contributed by atoms with Crippen LogP contribution in [0.1, 0.15) is 18.2 Å². The van der Waals surface area contributed by atoms with Crippen molar-refractivity contribution in [1.29, 1.82) is 0 Å². The Morgan fingerprint density at radius 1 is 1.40 bits per heavy atom. The van der Waals surface area contributed by atoms with Crippen LogP contribution in [0.3, 0.4) is 0 Å². The fraction of sp³-hybridized carbons (Fsp3) is 0.500. The number of ether oxygens (including phenoxy) is 1. The molecule has 0 spiro atoms. The number of rotatable bonds is 3. The zero-order valence-corrected chi connectivity index (χ0v) is 7.88. The van der Waals surface area contributed by atoms with Gasteiger partial charge >= 0.3 is 6.18 Å². The Balaban J connectivity index is 3.22. The van der Waals surface area contributed by atoms with Crippen LogP contribution in [0.25, 0.3) is 0 Å². The Kier molecular flexibility index (Phi) is 3.46. The fourth-order valence-corrected chi connectivity index (χ4v) is 1.04. The summed E-state index contributed by atoms with van der Waals surface area (Å²) >= 11 is 0. The van der Waals surface area contributed by atoms with Crippen LogP contribution in [0.5, 0.6) is 5.88 Å². The first-order valence-corrected chi connectivity index (χ1v) is 4.15. The average Bonchev–Trinajstić information content (AvgIpc) is 2.16. The largest absolute Gasteiger partial charge is 0.478 e. The molecule has 0 aliphatic heterocycles. The molecule has 84 valence electrons. The van der Waals surface area contributed by atoms with Gasteiger partial charge in [-0.1, -0.05) is 0 Å². The van der Waals surface area contributed by atoms with Gasteiger partial charge in [0, 0.05) is 0 Å². The molecule has 0 aromatic carbocycles. The lowest BCUT2D eigenvalue weighted by molar-refractivity contribution is -0.142. The summed E-state index contributed by atoms with van der Waals surface area (Å²) in [6, 6.07) is 0. The van der Waals surface area contributed by atoms with Crippen molar-refractivity contribution in [2.75, 3.05) is 6.61 Å². The molecule has 1 heterocycles. The lowest BCUT2D eigenvalue weighted by Gasteiger charge is -2.12. The van der Waals surface area contributed by atoms with Crippen LogP contribution in [-0.2, 0) is 12.8 Å². The monoisotopic (exact) mass is 222 g/mol. The van der Waals surface area contributed by atoms with Crippen molar-refractivity contribution in [2.45, 2.75) is 19.7 Å². The first-order valence-electron chi connectivity index (χ1n) is 4.15. The van der Waals surface area contributed by atoms with Gasteiger partial charge < -0.3 is 9.84 Å². The fourth-order valence-electron chi connectivity index (χ4n) is 1.04. The van der Waals surface area contributed by atoms with Gasteiger partial charge in [0.05, 0.1) is 18.8 Å². The Hall–Kier alpha value is -1.37. The molecule has 0 saturated carbocycles. The minimum Gasteiger partial charge on any atom is -0.478 e. The van der Waals surface area contributed by atoms with E-state index in [-0.39, 0.29) is 12.5 Å². The second-order valence-electron chi connectivity index (χ2n) is 2.59. The first-order chi connectivity index (χ1) is 7.00. The van der Waals surface area contributed by atoms with Crippen molar-refractivity contribution in [1.82, 2.24) is 9.97 Å². The summed E-state index contributed by atoms with van der Waals surface area (Å²) in [4.78, 5) is 6.61. The van der Waals surface area contributed by atoms with Gasteiger partial charge in [0.15, 0.2) is 5.69 Å². The SMILES string of the molecule is CCOc1ncnc(C(F)(F)F)c1CO. The van der Waals surface area contributed by atoms with Gasteiger partial charge in [0.2, 0.25) is 5.88 Å². The number of aliphatic hydroxyl groups is 1. The van der Waals surface area contributed by atoms with Gasteiger partial charge in [-0.2, -0.15) is 13.2 Å². The maximum atomic E-state index is 12.4. The average molecular weight is 222 g/mol. The minimum absolute atomic E-state index is 0.168. The van der Waals surface area contributed by atoms with E-state index in [0.29, 0.717) is 0 Å². The number of halogens is 3. The number of nitrogens with zero attached hydrogens (tertiary/aromatic N) is 2. The highest BCUT2D eigenvalue weighted by Crippen LogP contribution is 2.33. The topological polar surface area (TPSA) is 55.2 Å². The molecule has 0 bridgehead atoms. The highest BCUT2D eigenvalue weighted by Gasteiger charge is 2.36. The zero-order valence-electron chi connectivity index (χ0n) is 7.88. The summed E-state index contributed by atoms with van der Waals surface area (Å²) in [5.41, 5.74) is -1.60. The van der Waals surface area contributed by atoms with Gasteiger partial charge in [-0.25, -0.2) is 9.97 Å². The van der Waals surface area contributed by atoms with Crippen LogP contribution in [-0.4, -0.2) is 21.7 Å². The molecule has 0 amide bonds. The first kappa shape index (κ1) is 11.7. The molecule has 0 atom stereocenters. The third-order valence-electron chi connectivity index (χ3n) is 1.61. The quantitative estimate of drug-likeness (QED) is 0.839. The van der Waals surface area contributed by atoms with Gasteiger partial charge in [0.1, 0.15) is 6.33 Å². The Bertz CT molecular complexity index is 341. The van der Waals surface area contributed by atoms with Crippen molar-refractivity contribution in [3.63, 3.8) is 0 Å². The van der Waals surface area contributed by atoms with Crippen molar-refractivity contribution in [2.24, 2.45) is 0 Å². The molecule has 0 aliphatic carbocycles. The van der Waals surface area contributed by atoms with Gasteiger partial charge in [-0.05, 0) is 6.92 Å². The van der Waals surface area contributed by atoms with E-state index in [1.165, 1.54) is 0 Å². The minimum atomic E-state index is -4.62. The summed E-state index contributed by atoms with van der Waals surface area (Å²) in [5, 5.41) is 8.83. The van der Waals surface area contributed by atoms with E-state index in [1.807, 2.05) is 0 Å². The molecule has 1 aromatic rings. The van der Waals surface area contributed by atoms with Gasteiger partial charge in [-0.3, -0.25) is 0 Å². The standard InChI is InChI=1S/C8H9F3N2O2/c1-2-15-7-5(3-14)6(8(9,10)11)12-4-13-7/h4,14H,2-3H2,1H3. The Morgan fingerprint density at radius 2 is 2.07 bits per heavy atom. The molecule has 1 N–H and O–H groups in total. The number of alkyl halides is 3. The van der Waals surface area contributed by atoms with Crippen LogP contribution in [0.2, 0.25) is 0 Å². The summed E-state index contributed by atoms with van der Waals surface area (Å²) in [5.74, 6) is -0.234. The van der Waals surface area contributed by atoms with E-state index < -0.39 is 24.0 Å². The summed E-state index contributed by atoms with van der Waals surface area (Å²) < 4.78 is 42.0. The molecule has 0 aliphatic rings. The molecule has 0 fully saturated rings. The summed E-state index contributed by atoms with van der Waals surface area (Å²) in [7, 11) is 0. The predicted octanol–water partition coefficient (Wildman–Crippen LogP) is 1.39. The van der Waals surface area contributed by atoms with E-state index in [9.17, 15) is 13.2 Å². The zero-order chi connectivity index (χ0) is 11.5. The number of hydrogen-bond donors (Lipinski definition) is 1. The molecular formula is C8H9F3N2O2. The third-order valence-corrected chi connectivity index (χ3v) is 1.61. The van der Waals surface area contributed by atoms with Gasteiger partial charge in [0.25, 0.3) is 0 Å². The third kappa shape index (κ3) is 2.56. The second-order valence-corrected chi connectivity index (χ2v) is 2.59. The normalized spacial score (nSPS) is 11.5. The number of aliphatic hydroxyl groups excluding tert-OH is 1. The van der Waals surface area contributed by atoms with Crippen molar-refractivity contribution >= 4 is 0 Å². The van der Waals surface area contributed by atoms with Crippen LogP contribution in [0.4, 0.5) is 13.2 Å². The Labute approximate surface area is 83.7 Å². The van der Waals surface area contributed by atoms with Crippen LogP contribution in [0.15, 0.2) is 6.33 Å². The van der Waals surface area contributed by atoms with Gasteiger partial charge in [-0.15, -0.1) is 0 Å². The Morgan fingerprint density at radius 3 is 2.53 bits per heavy atom. The molecule has 0 radical (unpaired) electrons. The van der Waals surface area contributed by atoms with E-state index in [0.717, 1.165) is 6.33 Å². The van der Waals surface area contributed by atoms with E-state index >= 15 is 0 Å². The van der Waals surface area contributed by atoms with E-state index in [2.05, 4.69) is 9.97 Å². The molecule has 0 unspecified atom stereocenters. The molecule has 1 rings (SSSR count). The number of hydrogen-bond acceptors (Lipinski definition) is 4. The maximum Gasteiger partial charge on any atom is 0.433 e. The molecular weight excluding hydrogens is 213 g/mol. The molecule has 4 nitrogen and oxygen atoms in total. The predicted molar refractivity (Wildman–Crippen MR) is 44.1 cm³/mol. The van der Waals surface area contributed by atoms with Crippen molar-refractivity contribution in [3.8, 4) is 5.88 Å². The molecule has 1 aromatic heterocycles. The molecule has 15 heavy (non-hydrogen) atoms. The van der Waals surface area contributed by atoms with Crippen LogP contribution in [0, 0.1) is 0 Å². The molecule has 0 saturated heterocycles. The lowest BCUT2D eigenvalue weighted by Crippen LogP contribution is -2.14. The van der Waals surface area contributed by atoms with E-state index in [4.69, 9.17) is 9.84 Å². The maximum absolute atomic E-state index is 12.4. The second kappa shape index (κ2) is 4.43. The summed E-state index contributed by atoms with van der Waals surface area (Å²) in [6.07, 6.45) is -3.86. The smallest absolute Gasteiger partial charge is 0.433 e. The van der Waals surface area contributed by atoms with Crippen molar-refractivity contribution < 1.29 is 23.0 Å². The summed E-state index contributed by atoms with van der Waals surface area (Å²) in [6.45, 7) is 0.961. The van der Waals surface area contributed by atoms with Crippen LogP contribution < -0.4 is 4.74 Å². The number of aromatic nitrogens is 2.